The molecule has 0 amide bonds. The van der Waals surface area contributed by atoms with Gasteiger partial charge in [0, 0.05) is 17.3 Å². The molecule has 1 aliphatic rings. The fourth-order valence-electron chi connectivity index (χ4n) is 2.21. The van der Waals surface area contributed by atoms with Crippen molar-refractivity contribution in [3.8, 4) is 11.5 Å². The maximum absolute atomic E-state index is 5.82. The Kier molecular flexibility index (Phi) is 3.74. The quantitative estimate of drug-likeness (QED) is 0.794. The molecule has 98 valence electrons. The molecule has 1 aliphatic heterocycles. The molecule has 0 fully saturated rings. The zero-order chi connectivity index (χ0) is 13.1. The second-order valence-corrected chi connectivity index (χ2v) is 5.29. The number of fused-ring (bicyclic) bond motifs is 1. The molecule has 1 atom stereocenters. The molecular weight excluding hydrogens is 304 g/mol. The molecule has 2 aromatic carbocycles. The van der Waals surface area contributed by atoms with Gasteiger partial charge in [0.25, 0.3) is 0 Å². The lowest BCUT2D eigenvalue weighted by Crippen LogP contribution is -2.13. The van der Waals surface area contributed by atoms with Crippen LogP contribution in [0.15, 0.2) is 48.5 Å². The Morgan fingerprint density at radius 2 is 2.00 bits per heavy atom. The molecule has 0 spiro atoms. The highest BCUT2D eigenvalue weighted by atomic mass is 79.9. The minimum atomic E-state index is 0.249. The monoisotopic (exact) mass is 318 g/mol. The largest absolute Gasteiger partial charge is 0.489 e. The highest BCUT2D eigenvalue weighted by Crippen LogP contribution is 2.32. The number of hydrogen-bond donors (Lipinski definition) is 0. The van der Waals surface area contributed by atoms with E-state index in [1.807, 2.05) is 30.3 Å². The van der Waals surface area contributed by atoms with Crippen molar-refractivity contribution in [2.75, 3.05) is 5.33 Å². The number of benzene rings is 2. The molecule has 0 N–H and O–H groups in total. The number of rotatable bonds is 4. The number of halogens is 1. The molecule has 19 heavy (non-hydrogen) atoms. The molecule has 0 saturated carbocycles. The minimum absolute atomic E-state index is 0.249. The van der Waals surface area contributed by atoms with Gasteiger partial charge in [-0.1, -0.05) is 46.3 Å². The van der Waals surface area contributed by atoms with Crippen molar-refractivity contribution >= 4 is 15.9 Å². The molecule has 0 radical (unpaired) electrons. The third kappa shape index (κ3) is 2.92. The Labute approximate surface area is 121 Å². The van der Waals surface area contributed by atoms with E-state index in [9.17, 15) is 0 Å². The first-order valence-electron chi connectivity index (χ1n) is 6.37. The van der Waals surface area contributed by atoms with Crippen LogP contribution >= 0.6 is 15.9 Å². The van der Waals surface area contributed by atoms with E-state index in [1.165, 1.54) is 11.1 Å². The molecule has 1 heterocycles. The van der Waals surface area contributed by atoms with Gasteiger partial charge in [-0.2, -0.15) is 0 Å². The van der Waals surface area contributed by atoms with Crippen LogP contribution in [0.2, 0.25) is 0 Å². The predicted octanol–water partition coefficient (Wildman–Crippen LogP) is 3.96. The zero-order valence-electron chi connectivity index (χ0n) is 10.5. The van der Waals surface area contributed by atoms with E-state index in [0.29, 0.717) is 6.61 Å². The average Bonchev–Trinajstić information content (AvgIpc) is 2.88. The molecular formula is C16H15BrO2. The fraction of sp³-hybridized carbons (Fsp3) is 0.250. The highest BCUT2D eigenvalue weighted by molar-refractivity contribution is 9.09. The summed E-state index contributed by atoms with van der Waals surface area (Å²) >= 11 is 3.46. The van der Waals surface area contributed by atoms with E-state index in [-0.39, 0.29) is 6.10 Å². The Balaban J connectivity index is 1.67. The third-order valence-corrected chi connectivity index (χ3v) is 3.92. The van der Waals surface area contributed by atoms with Crippen molar-refractivity contribution < 1.29 is 9.47 Å². The molecule has 0 aliphatic carbocycles. The lowest BCUT2D eigenvalue weighted by atomic mass is 10.1. The van der Waals surface area contributed by atoms with Crippen molar-refractivity contribution in [2.24, 2.45) is 0 Å². The van der Waals surface area contributed by atoms with Gasteiger partial charge in [-0.05, 0) is 23.8 Å². The van der Waals surface area contributed by atoms with Crippen LogP contribution in [0.4, 0.5) is 0 Å². The van der Waals surface area contributed by atoms with Gasteiger partial charge in [-0.15, -0.1) is 0 Å². The van der Waals surface area contributed by atoms with E-state index in [1.54, 1.807) is 0 Å². The number of alkyl halides is 1. The smallest absolute Gasteiger partial charge is 0.123 e. The first-order valence-corrected chi connectivity index (χ1v) is 7.49. The summed E-state index contributed by atoms with van der Waals surface area (Å²) in [5.74, 6) is 1.89. The van der Waals surface area contributed by atoms with Gasteiger partial charge < -0.3 is 9.47 Å². The van der Waals surface area contributed by atoms with Gasteiger partial charge in [0.2, 0.25) is 0 Å². The van der Waals surface area contributed by atoms with E-state index in [2.05, 4.69) is 34.1 Å². The van der Waals surface area contributed by atoms with Gasteiger partial charge in [0.15, 0.2) is 0 Å². The summed E-state index contributed by atoms with van der Waals surface area (Å²) in [5, 5.41) is 0.863. The Morgan fingerprint density at radius 1 is 1.16 bits per heavy atom. The fourth-order valence-corrected chi connectivity index (χ4v) is 2.57. The second kappa shape index (κ2) is 5.66. The molecule has 0 bridgehead atoms. The van der Waals surface area contributed by atoms with Crippen LogP contribution in [0.5, 0.6) is 11.5 Å². The summed E-state index contributed by atoms with van der Waals surface area (Å²) in [7, 11) is 0. The standard InChI is InChI=1S/C16H15BrO2/c17-10-15-9-13-8-14(6-7-16(13)19-15)18-11-12-4-2-1-3-5-12/h1-8,15H,9-11H2/t15-/m0/s1. The normalized spacial score (nSPS) is 16.8. The SMILES string of the molecule is BrC[C@@H]1Cc2cc(OCc3ccccc3)ccc2O1. The van der Waals surface area contributed by atoms with Crippen molar-refractivity contribution in [2.45, 2.75) is 19.1 Å². The van der Waals surface area contributed by atoms with Gasteiger partial charge in [0.05, 0.1) is 0 Å². The maximum Gasteiger partial charge on any atom is 0.123 e. The van der Waals surface area contributed by atoms with Crippen LogP contribution in [0.3, 0.4) is 0 Å². The second-order valence-electron chi connectivity index (χ2n) is 4.64. The predicted molar refractivity (Wildman–Crippen MR) is 79.1 cm³/mol. The molecule has 0 aromatic heterocycles. The van der Waals surface area contributed by atoms with Crippen molar-refractivity contribution in [3.05, 3.63) is 59.7 Å². The van der Waals surface area contributed by atoms with Gasteiger partial charge >= 0.3 is 0 Å². The molecule has 0 unspecified atom stereocenters. The topological polar surface area (TPSA) is 18.5 Å². The lowest BCUT2D eigenvalue weighted by Gasteiger charge is -2.07. The van der Waals surface area contributed by atoms with Crippen LogP contribution in [-0.4, -0.2) is 11.4 Å². The molecule has 3 rings (SSSR count). The van der Waals surface area contributed by atoms with Crippen LogP contribution < -0.4 is 9.47 Å². The van der Waals surface area contributed by atoms with E-state index >= 15 is 0 Å². The van der Waals surface area contributed by atoms with Crippen molar-refractivity contribution in [1.29, 1.82) is 0 Å². The lowest BCUT2D eigenvalue weighted by molar-refractivity contribution is 0.260. The van der Waals surface area contributed by atoms with Crippen LogP contribution in [0.25, 0.3) is 0 Å². The molecule has 0 saturated heterocycles. The Hall–Kier alpha value is -1.48. The van der Waals surface area contributed by atoms with E-state index in [0.717, 1.165) is 23.2 Å². The number of ether oxygens (including phenoxy) is 2. The summed E-state index contributed by atoms with van der Waals surface area (Å²) in [6.07, 6.45) is 1.20. The van der Waals surface area contributed by atoms with E-state index in [4.69, 9.17) is 9.47 Å². The summed E-state index contributed by atoms with van der Waals surface area (Å²) in [4.78, 5) is 0. The van der Waals surface area contributed by atoms with Gasteiger partial charge in [-0.25, -0.2) is 0 Å². The summed E-state index contributed by atoms with van der Waals surface area (Å²) < 4.78 is 11.6. The molecule has 2 nitrogen and oxygen atoms in total. The maximum atomic E-state index is 5.82. The van der Waals surface area contributed by atoms with Crippen LogP contribution in [-0.2, 0) is 13.0 Å². The van der Waals surface area contributed by atoms with Gasteiger partial charge in [-0.3, -0.25) is 0 Å². The zero-order valence-corrected chi connectivity index (χ0v) is 12.1. The average molecular weight is 319 g/mol. The third-order valence-electron chi connectivity index (χ3n) is 3.19. The first kappa shape index (κ1) is 12.5. The summed E-state index contributed by atoms with van der Waals surface area (Å²) in [6.45, 7) is 0.600. The van der Waals surface area contributed by atoms with Crippen LogP contribution in [0.1, 0.15) is 11.1 Å². The van der Waals surface area contributed by atoms with E-state index < -0.39 is 0 Å². The summed E-state index contributed by atoms with van der Waals surface area (Å²) in [6, 6.07) is 16.2. The molecule has 2 aromatic rings. The van der Waals surface area contributed by atoms with Crippen molar-refractivity contribution in [1.82, 2.24) is 0 Å². The molecule has 3 heteroatoms. The van der Waals surface area contributed by atoms with Crippen molar-refractivity contribution in [3.63, 3.8) is 0 Å². The number of hydrogen-bond acceptors (Lipinski definition) is 2. The van der Waals surface area contributed by atoms with Gasteiger partial charge in [0.1, 0.15) is 24.2 Å². The van der Waals surface area contributed by atoms with Crippen LogP contribution in [0, 0.1) is 0 Å². The Bertz CT molecular complexity index is 554. The highest BCUT2D eigenvalue weighted by Gasteiger charge is 2.22. The summed E-state index contributed by atoms with van der Waals surface area (Å²) in [5.41, 5.74) is 2.41. The first-order chi connectivity index (χ1) is 9.35. The minimum Gasteiger partial charge on any atom is -0.489 e. The Morgan fingerprint density at radius 3 is 2.79 bits per heavy atom.